The van der Waals surface area contributed by atoms with Crippen LogP contribution in [0.25, 0.3) is 0 Å². The molecule has 0 spiro atoms. The van der Waals surface area contributed by atoms with E-state index in [2.05, 4.69) is 10.2 Å². The zero-order valence-corrected chi connectivity index (χ0v) is 8.08. The van der Waals surface area contributed by atoms with E-state index in [0.29, 0.717) is 0 Å². The first-order valence-electron chi connectivity index (χ1n) is 3.67. The van der Waals surface area contributed by atoms with Crippen molar-refractivity contribution in [3.05, 3.63) is 12.4 Å². The Labute approximate surface area is 80.2 Å². The second kappa shape index (κ2) is 3.76. The van der Waals surface area contributed by atoms with Crippen LogP contribution in [-0.4, -0.2) is 35.7 Å². The number of aromatic amines is 1. The molecule has 1 rings (SSSR count). The summed E-state index contributed by atoms with van der Waals surface area (Å²) in [6, 6.07) is -1.17. The molecule has 8 heteroatoms. The van der Waals surface area contributed by atoms with Gasteiger partial charge in [-0.05, 0) is 6.92 Å². The fourth-order valence-corrected chi connectivity index (χ4v) is 1.84. The fourth-order valence-electron chi connectivity index (χ4n) is 0.737. The summed E-state index contributed by atoms with van der Waals surface area (Å²) < 4.78 is 24.7. The zero-order valence-electron chi connectivity index (χ0n) is 7.26. The predicted molar refractivity (Wildman–Crippen MR) is 46.0 cm³/mol. The molecule has 78 valence electrons. The van der Waals surface area contributed by atoms with Crippen LogP contribution in [0.1, 0.15) is 6.92 Å². The van der Waals surface area contributed by atoms with Gasteiger partial charge in [0.25, 0.3) is 0 Å². The van der Waals surface area contributed by atoms with Crippen LogP contribution < -0.4 is 4.72 Å². The Kier molecular flexibility index (Phi) is 2.87. The number of H-pyrrole nitrogens is 1. The first-order valence-corrected chi connectivity index (χ1v) is 5.16. The van der Waals surface area contributed by atoms with Gasteiger partial charge in [-0.15, -0.1) is 0 Å². The van der Waals surface area contributed by atoms with Gasteiger partial charge in [0.2, 0.25) is 10.0 Å². The number of carboxylic acid groups (broad SMARTS) is 1. The highest BCUT2D eigenvalue weighted by Crippen LogP contribution is 2.04. The second-order valence-corrected chi connectivity index (χ2v) is 4.33. The Morgan fingerprint density at radius 3 is 2.79 bits per heavy atom. The van der Waals surface area contributed by atoms with E-state index in [1.807, 2.05) is 4.72 Å². The molecule has 1 heterocycles. The third kappa shape index (κ3) is 2.30. The number of hydrogen-bond donors (Lipinski definition) is 3. The lowest BCUT2D eigenvalue weighted by atomic mass is 10.4. The summed E-state index contributed by atoms with van der Waals surface area (Å²) in [7, 11) is -3.79. The maximum Gasteiger partial charge on any atom is 0.321 e. The summed E-state index contributed by atoms with van der Waals surface area (Å²) in [5.41, 5.74) is 0. The molecule has 1 atom stereocenters. The third-order valence-corrected chi connectivity index (χ3v) is 2.99. The van der Waals surface area contributed by atoms with Crippen LogP contribution in [-0.2, 0) is 14.8 Å². The average Bonchev–Trinajstić information content (AvgIpc) is 2.54. The molecule has 14 heavy (non-hydrogen) atoms. The summed E-state index contributed by atoms with van der Waals surface area (Å²) in [5, 5.41) is 14.3. The molecule has 0 saturated heterocycles. The van der Waals surface area contributed by atoms with Gasteiger partial charge in [-0.25, -0.2) is 8.42 Å². The molecule has 0 bridgehead atoms. The second-order valence-electron chi connectivity index (χ2n) is 2.62. The molecule has 0 aliphatic heterocycles. The van der Waals surface area contributed by atoms with Crippen LogP contribution in [0.5, 0.6) is 0 Å². The van der Waals surface area contributed by atoms with Gasteiger partial charge < -0.3 is 5.11 Å². The van der Waals surface area contributed by atoms with Crippen molar-refractivity contribution in [2.75, 3.05) is 0 Å². The van der Waals surface area contributed by atoms with Crippen molar-refractivity contribution in [1.29, 1.82) is 0 Å². The summed E-state index contributed by atoms with van der Waals surface area (Å²) in [4.78, 5) is 10.3. The maximum atomic E-state index is 11.4. The number of hydrogen-bond acceptors (Lipinski definition) is 4. The quantitative estimate of drug-likeness (QED) is 0.611. The molecule has 0 aliphatic rings. The van der Waals surface area contributed by atoms with E-state index >= 15 is 0 Å². The molecule has 1 aromatic rings. The molecule has 0 aromatic carbocycles. The molecule has 1 aromatic heterocycles. The van der Waals surface area contributed by atoms with Gasteiger partial charge in [0.05, 0.1) is 6.20 Å². The Balaban J connectivity index is 2.84. The van der Waals surface area contributed by atoms with E-state index in [4.69, 9.17) is 5.11 Å². The lowest BCUT2D eigenvalue weighted by molar-refractivity contribution is -0.138. The Hall–Kier alpha value is -1.41. The lowest BCUT2D eigenvalue weighted by Crippen LogP contribution is -2.38. The molecule has 0 fully saturated rings. The highest BCUT2D eigenvalue weighted by atomic mass is 32.2. The average molecular weight is 219 g/mol. The van der Waals surface area contributed by atoms with Gasteiger partial charge in [0, 0.05) is 6.20 Å². The minimum atomic E-state index is -3.79. The van der Waals surface area contributed by atoms with Crippen molar-refractivity contribution in [3.63, 3.8) is 0 Å². The topological polar surface area (TPSA) is 112 Å². The highest BCUT2D eigenvalue weighted by Gasteiger charge is 2.21. The van der Waals surface area contributed by atoms with Crippen molar-refractivity contribution in [3.8, 4) is 0 Å². The van der Waals surface area contributed by atoms with Crippen molar-refractivity contribution >= 4 is 16.0 Å². The maximum absolute atomic E-state index is 11.4. The normalized spacial score (nSPS) is 13.8. The standard InChI is InChI=1S/C6H9N3O4S/c1-4(6(10)11)9-14(12,13)5-2-7-8-3-5/h2-4,9H,1H3,(H,7,8)(H,10,11). The van der Waals surface area contributed by atoms with Crippen LogP contribution >= 0.6 is 0 Å². The van der Waals surface area contributed by atoms with E-state index in [1.165, 1.54) is 6.92 Å². The lowest BCUT2D eigenvalue weighted by Gasteiger charge is -2.07. The Bertz CT molecular complexity index is 410. The summed E-state index contributed by atoms with van der Waals surface area (Å²) >= 11 is 0. The van der Waals surface area contributed by atoms with Crippen molar-refractivity contribution in [2.24, 2.45) is 0 Å². The van der Waals surface area contributed by atoms with Gasteiger partial charge in [-0.2, -0.15) is 9.82 Å². The number of nitrogens with zero attached hydrogens (tertiary/aromatic N) is 1. The van der Waals surface area contributed by atoms with Gasteiger partial charge in [0.15, 0.2) is 0 Å². The molecule has 0 radical (unpaired) electrons. The van der Waals surface area contributed by atoms with Gasteiger partial charge in [-0.3, -0.25) is 9.89 Å². The number of carboxylic acids is 1. The highest BCUT2D eigenvalue weighted by molar-refractivity contribution is 7.89. The number of aromatic nitrogens is 2. The molecular weight excluding hydrogens is 210 g/mol. The van der Waals surface area contributed by atoms with Crippen LogP contribution in [0, 0.1) is 0 Å². The van der Waals surface area contributed by atoms with E-state index < -0.39 is 22.0 Å². The Morgan fingerprint density at radius 1 is 1.71 bits per heavy atom. The minimum Gasteiger partial charge on any atom is -0.480 e. The Morgan fingerprint density at radius 2 is 2.36 bits per heavy atom. The van der Waals surface area contributed by atoms with Crippen molar-refractivity contribution in [2.45, 2.75) is 17.9 Å². The number of aliphatic carboxylic acids is 1. The van der Waals surface area contributed by atoms with E-state index in [1.54, 1.807) is 0 Å². The van der Waals surface area contributed by atoms with Gasteiger partial charge in [-0.1, -0.05) is 0 Å². The SMILES string of the molecule is CC(NS(=O)(=O)c1cn[nH]c1)C(=O)O. The zero-order chi connectivity index (χ0) is 10.8. The first kappa shape index (κ1) is 10.7. The summed E-state index contributed by atoms with van der Waals surface area (Å²) in [6.45, 7) is 1.24. The number of carbonyl (C=O) groups is 1. The smallest absolute Gasteiger partial charge is 0.321 e. The molecule has 0 saturated carbocycles. The van der Waals surface area contributed by atoms with Crippen LogP contribution in [0.2, 0.25) is 0 Å². The third-order valence-electron chi connectivity index (χ3n) is 1.49. The molecule has 0 amide bonds. The van der Waals surface area contributed by atoms with Gasteiger partial charge in [0.1, 0.15) is 10.9 Å². The molecule has 7 nitrogen and oxygen atoms in total. The van der Waals surface area contributed by atoms with Crippen LogP contribution in [0.3, 0.4) is 0 Å². The number of rotatable bonds is 4. The molecule has 0 aliphatic carbocycles. The van der Waals surface area contributed by atoms with Crippen molar-refractivity contribution < 1.29 is 18.3 Å². The van der Waals surface area contributed by atoms with E-state index in [9.17, 15) is 13.2 Å². The summed E-state index contributed by atoms with van der Waals surface area (Å²) in [5.74, 6) is -1.24. The van der Waals surface area contributed by atoms with Crippen LogP contribution in [0.15, 0.2) is 17.3 Å². The molecular formula is C6H9N3O4S. The fraction of sp³-hybridized carbons (Fsp3) is 0.333. The first-order chi connectivity index (χ1) is 6.43. The minimum absolute atomic E-state index is 0.0920. The summed E-state index contributed by atoms with van der Waals surface area (Å²) in [6.07, 6.45) is 2.26. The van der Waals surface area contributed by atoms with Crippen molar-refractivity contribution in [1.82, 2.24) is 14.9 Å². The largest absolute Gasteiger partial charge is 0.480 e. The van der Waals surface area contributed by atoms with Gasteiger partial charge >= 0.3 is 5.97 Å². The predicted octanol–water partition coefficient (Wildman–Crippen LogP) is -0.839. The van der Waals surface area contributed by atoms with E-state index in [-0.39, 0.29) is 4.90 Å². The van der Waals surface area contributed by atoms with Crippen LogP contribution in [0.4, 0.5) is 0 Å². The number of nitrogens with one attached hydrogen (secondary N) is 2. The monoisotopic (exact) mass is 219 g/mol. The number of sulfonamides is 1. The molecule has 3 N–H and O–H groups in total. The molecule has 1 unspecified atom stereocenters. The van der Waals surface area contributed by atoms with E-state index in [0.717, 1.165) is 12.4 Å².